The number of likely N-dealkylation sites (tertiary alicyclic amines) is 2. The lowest BCUT2D eigenvalue weighted by Crippen LogP contribution is -2.50. The fourth-order valence-electron chi connectivity index (χ4n) is 16.6. The van der Waals surface area contributed by atoms with E-state index in [2.05, 4.69) is 137 Å². The maximum atomic E-state index is 7.38. The van der Waals surface area contributed by atoms with Gasteiger partial charge in [-0.3, -0.25) is 35.8 Å². The Morgan fingerprint density at radius 3 is 1.55 bits per heavy atom. The van der Waals surface area contributed by atoms with Gasteiger partial charge < -0.3 is 29.7 Å². The van der Waals surface area contributed by atoms with Gasteiger partial charge in [0.25, 0.3) is 0 Å². The van der Waals surface area contributed by atoms with Crippen molar-refractivity contribution in [2.45, 2.75) is 157 Å². The second-order valence-electron chi connectivity index (χ2n) is 27.4. The van der Waals surface area contributed by atoms with Crippen LogP contribution in [0.1, 0.15) is 196 Å². The van der Waals surface area contributed by atoms with Crippen molar-refractivity contribution in [2.75, 3.05) is 71.4 Å². The van der Waals surface area contributed by atoms with Crippen LogP contribution in [0.15, 0.2) is 85.3 Å². The topological polar surface area (TPSA) is 174 Å². The Balaban J connectivity index is 0.645. The van der Waals surface area contributed by atoms with E-state index in [9.17, 15) is 0 Å². The molecule has 6 N–H and O–H groups in total. The summed E-state index contributed by atoms with van der Waals surface area (Å²) in [5, 5.41) is 13.3. The quantitative estimate of drug-likeness (QED) is 0.0723. The molecule has 0 saturated carbocycles. The number of aromatic amines is 3. The summed E-state index contributed by atoms with van der Waals surface area (Å²) in [6.07, 6.45) is 22.2. The van der Waals surface area contributed by atoms with Gasteiger partial charge in [0.05, 0.1) is 96.6 Å². The number of aromatic nitrogens is 9. The van der Waals surface area contributed by atoms with Crippen LogP contribution in [0.3, 0.4) is 0 Å². The third-order valence-electron chi connectivity index (χ3n) is 21.6. The predicted octanol–water partition coefficient (Wildman–Crippen LogP) is 14.0. The van der Waals surface area contributed by atoms with Gasteiger partial charge in [-0.1, -0.05) is 29.3 Å². The number of piperazine rings is 1. The van der Waals surface area contributed by atoms with E-state index in [0.717, 1.165) is 214 Å². The normalized spacial score (nSPS) is 25.6. The molecule has 6 aromatic heterocycles. The van der Waals surface area contributed by atoms with Crippen molar-refractivity contribution in [1.82, 2.24) is 75.5 Å². The lowest BCUT2D eigenvalue weighted by Gasteiger charge is -2.38. The molecular formula is C71H84Cl2N16. The van der Waals surface area contributed by atoms with Crippen molar-refractivity contribution in [3.05, 3.63) is 147 Å². The van der Waals surface area contributed by atoms with Crippen molar-refractivity contribution in [3.63, 3.8) is 0 Å². The highest BCUT2D eigenvalue weighted by Crippen LogP contribution is 2.44. The van der Waals surface area contributed by atoms with Crippen LogP contribution in [0.5, 0.6) is 0 Å². The molecule has 0 spiro atoms. The molecular weight excluding hydrogens is 1150 g/mol. The van der Waals surface area contributed by atoms with E-state index >= 15 is 0 Å². The third-order valence-corrected chi connectivity index (χ3v) is 22.2. The van der Waals surface area contributed by atoms with Gasteiger partial charge in [0.1, 0.15) is 23.0 Å². The van der Waals surface area contributed by atoms with E-state index in [1.54, 1.807) is 0 Å². The number of fused-ring (bicyclic) bond motifs is 4. The molecule has 3 aromatic carbocycles. The third kappa shape index (κ3) is 11.4. The number of H-pyrrole nitrogens is 3. The zero-order chi connectivity index (χ0) is 59.9. The van der Waals surface area contributed by atoms with Crippen LogP contribution in [0.25, 0.3) is 55.4 Å². The van der Waals surface area contributed by atoms with Gasteiger partial charge in [0.2, 0.25) is 0 Å². The van der Waals surface area contributed by atoms with E-state index < -0.39 is 0 Å². The minimum Gasteiger partial charge on any atom is -0.367 e. The number of anilines is 1. The van der Waals surface area contributed by atoms with Crippen LogP contribution in [0, 0.1) is 6.92 Å². The van der Waals surface area contributed by atoms with E-state index in [0.29, 0.717) is 27.9 Å². The van der Waals surface area contributed by atoms with Crippen molar-refractivity contribution in [3.8, 4) is 22.3 Å². The summed E-state index contributed by atoms with van der Waals surface area (Å²) in [5.41, 5.74) is 19.0. The molecule has 9 aromatic rings. The largest absolute Gasteiger partial charge is 0.367 e. The molecule has 16 rings (SSSR count). The van der Waals surface area contributed by atoms with Crippen molar-refractivity contribution in [1.29, 1.82) is 0 Å². The van der Waals surface area contributed by atoms with Crippen molar-refractivity contribution >= 4 is 62.0 Å². The molecule has 0 amide bonds. The van der Waals surface area contributed by atoms with E-state index in [-0.39, 0.29) is 36.3 Å². The van der Waals surface area contributed by atoms with Gasteiger partial charge in [-0.05, 0) is 250 Å². The number of hydrogen-bond acceptors (Lipinski definition) is 13. The predicted molar refractivity (Wildman–Crippen MR) is 357 cm³/mol. The SMILES string of the molecule is Cc1cc(-c2cc(C3CCN(C)CC3)c3nc([C@H]4CCC[C@@H](c5ncccc5Cl)N4)[nH]c3c2)cnc1[C@@H]1CCC[C@H](c2nc3c(C4CCN(C)CC4)cc(-c4cnc([C@@H]5CCC[C@H](c6nc7c(N8CCN9CCCC9C8)cccc7[nH]6)N5)c(Cl)c4)cc3[nH]2)N1. The smallest absolute Gasteiger partial charge is 0.124 e. The fraction of sp³-hybridized carbons (Fsp3) is 0.493. The first-order valence-corrected chi connectivity index (χ1v) is 34.3. The first kappa shape index (κ1) is 57.8. The minimum atomic E-state index is 0.0156. The van der Waals surface area contributed by atoms with Gasteiger partial charge in [-0.2, -0.15) is 0 Å². The van der Waals surface area contributed by atoms with Crippen LogP contribution < -0.4 is 20.9 Å². The Kier molecular flexibility index (Phi) is 15.8. The number of aryl methyl sites for hydroxylation is 1. The monoisotopic (exact) mass is 1230 g/mol. The summed E-state index contributed by atoms with van der Waals surface area (Å²) in [4.78, 5) is 53.1. The van der Waals surface area contributed by atoms with E-state index in [4.69, 9.17) is 48.1 Å². The van der Waals surface area contributed by atoms with Crippen LogP contribution >= 0.6 is 23.2 Å². The molecule has 89 heavy (non-hydrogen) atoms. The molecule has 18 heteroatoms. The highest BCUT2D eigenvalue weighted by atomic mass is 35.5. The molecule has 7 fully saturated rings. The number of benzene rings is 3. The molecule has 7 atom stereocenters. The zero-order valence-electron chi connectivity index (χ0n) is 51.8. The summed E-state index contributed by atoms with van der Waals surface area (Å²) in [5.74, 6) is 3.82. The molecule has 7 saturated heterocycles. The number of hydrogen-bond donors (Lipinski definition) is 6. The molecule has 1 unspecified atom stereocenters. The lowest BCUT2D eigenvalue weighted by atomic mass is 9.86. The number of piperidine rings is 5. The Bertz CT molecular complexity index is 4060. The van der Waals surface area contributed by atoms with Gasteiger partial charge >= 0.3 is 0 Å². The van der Waals surface area contributed by atoms with Gasteiger partial charge in [0.15, 0.2) is 0 Å². The summed E-state index contributed by atoms with van der Waals surface area (Å²) in [6, 6.07) is 25.4. The Labute approximate surface area is 532 Å². The zero-order valence-corrected chi connectivity index (χ0v) is 53.3. The molecule has 7 aliphatic heterocycles. The summed E-state index contributed by atoms with van der Waals surface area (Å²) in [6.45, 7) is 11.0. The molecule has 0 aliphatic carbocycles. The fourth-order valence-corrected chi connectivity index (χ4v) is 17.2. The minimum absolute atomic E-state index is 0.0156. The average molecular weight is 1230 g/mol. The number of nitrogens with one attached hydrogen (secondary N) is 6. The van der Waals surface area contributed by atoms with Crippen LogP contribution in [-0.2, 0) is 0 Å². The molecule has 16 nitrogen and oxygen atoms in total. The highest BCUT2D eigenvalue weighted by Gasteiger charge is 2.35. The number of pyridine rings is 3. The maximum Gasteiger partial charge on any atom is 0.124 e. The Hall–Kier alpha value is -6.34. The standard InChI is InChI=1S/C71H84Cl2N16/c1-41-32-46(44-33-49(42-20-26-86(2)27-21-42)64-60(36-44)81-71(84-64)59-18-5-13-54(78-59)66-51(72)11-8-24-74-66)38-75-63(41)53-12-4-16-58(77-53)70-82-61-37-45(34-50(65(61)83-70)43-22-28-87(3)29-23-43)47-35-52(73)67(76-39-47)55-14-6-17-57(79-55)69-80-56-15-7-19-62(68(56)85-69)89-31-30-88-25-9-10-48(88)40-89/h7-8,11,15,19,24,32-39,42-43,48,53-55,57-59,77-79H,4-6,9-10,12-14,16-18,20-23,25-31,40H2,1-3H3,(H,80,85)(H,81,84)(H,82,83)/t48?,53-,54-,55-,57+,58+,59+/m0/s1. The summed E-state index contributed by atoms with van der Waals surface area (Å²) < 4.78 is 0. The number of nitrogens with zero attached hydrogens (tertiary/aromatic N) is 10. The molecule has 0 radical (unpaired) electrons. The van der Waals surface area contributed by atoms with Crippen LogP contribution in [0.4, 0.5) is 5.69 Å². The lowest BCUT2D eigenvalue weighted by molar-refractivity contribution is 0.231. The maximum absolute atomic E-state index is 7.38. The van der Waals surface area contributed by atoms with Crippen LogP contribution in [-0.4, -0.2) is 132 Å². The summed E-state index contributed by atoms with van der Waals surface area (Å²) >= 11 is 14.1. The van der Waals surface area contributed by atoms with Crippen molar-refractivity contribution < 1.29 is 0 Å². The Morgan fingerprint density at radius 1 is 0.449 bits per heavy atom. The van der Waals surface area contributed by atoms with E-state index in [1.807, 2.05) is 24.5 Å². The number of rotatable bonds is 11. The van der Waals surface area contributed by atoms with Crippen LogP contribution in [0.2, 0.25) is 10.0 Å². The Morgan fingerprint density at radius 2 is 0.978 bits per heavy atom. The van der Waals surface area contributed by atoms with E-state index in [1.165, 1.54) is 47.3 Å². The van der Waals surface area contributed by atoms with Crippen molar-refractivity contribution in [2.24, 2.45) is 0 Å². The second kappa shape index (κ2) is 24.4. The molecule has 13 heterocycles. The number of halogens is 2. The molecule has 0 bridgehead atoms. The van der Waals surface area contributed by atoms with Gasteiger partial charge in [-0.25, -0.2) is 15.0 Å². The molecule has 7 aliphatic rings. The van der Waals surface area contributed by atoms with Gasteiger partial charge in [0, 0.05) is 55.4 Å². The van der Waals surface area contributed by atoms with Gasteiger partial charge in [-0.15, -0.1) is 0 Å². The first-order chi connectivity index (χ1) is 43.6. The highest BCUT2D eigenvalue weighted by molar-refractivity contribution is 6.31. The number of para-hydroxylation sites is 1. The average Bonchev–Trinajstić information content (AvgIpc) is 2.59. The molecule has 462 valence electrons. The second-order valence-corrected chi connectivity index (χ2v) is 28.2. The first-order valence-electron chi connectivity index (χ1n) is 33.5. The number of imidazole rings is 3. The summed E-state index contributed by atoms with van der Waals surface area (Å²) in [7, 11) is 4.47.